The number of rotatable bonds is 6. The van der Waals surface area contributed by atoms with E-state index >= 15 is 0 Å². The minimum absolute atomic E-state index is 0.572. The number of thiazole rings is 1. The standard InChI is InChI=1S/C12H21N3S/c1-9(6-13-11-4-5-11)15(3)7-12-8-16-10(2)14-12/h8-9,11,13H,4-7H2,1-3H3. The second-order valence-electron chi connectivity index (χ2n) is 4.80. The maximum Gasteiger partial charge on any atom is 0.0897 e. The molecule has 1 aromatic rings. The molecule has 1 atom stereocenters. The molecule has 1 N–H and O–H groups in total. The van der Waals surface area contributed by atoms with Crippen LogP contribution in [0.2, 0.25) is 0 Å². The minimum atomic E-state index is 0.572. The van der Waals surface area contributed by atoms with Crippen LogP contribution in [-0.2, 0) is 6.54 Å². The fraction of sp³-hybridized carbons (Fsp3) is 0.750. The van der Waals surface area contributed by atoms with Gasteiger partial charge in [-0.2, -0.15) is 0 Å². The zero-order chi connectivity index (χ0) is 11.5. The second kappa shape index (κ2) is 5.25. The Kier molecular flexibility index (Phi) is 3.95. The summed E-state index contributed by atoms with van der Waals surface area (Å²) in [4.78, 5) is 6.86. The van der Waals surface area contributed by atoms with Crippen LogP contribution in [0.3, 0.4) is 0 Å². The van der Waals surface area contributed by atoms with E-state index in [1.54, 1.807) is 11.3 Å². The second-order valence-corrected chi connectivity index (χ2v) is 5.87. The van der Waals surface area contributed by atoms with Crippen LogP contribution < -0.4 is 5.32 Å². The van der Waals surface area contributed by atoms with Crippen molar-refractivity contribution in [2.24, 2.45) is 0 Å². The summed E-state index contributed by atoms with van der Waals surface area (Å²) >= 11 is 1.73. The van der Waals surface area contributed by atoms with Crippen LogP contribution in [0.1, 0.15) is 30.5 Å². The molecular formula is C12H21N3S. The molecule has 0 spiro atoms. The Morgan fingerprint density at radius 2 is 2.38 bits per heavy atom. The van der Waals surface area contributed by atoms with E-state index in [0.717, 1.165) is 24.1 Å². The first-order valence-corrected chi connectivity index (χ1v) is 6.87. The van der Waals surface area contributed by atoms with E-state index in [1.807, 2.05) is 0 Å². The third-order valence-corrected chi connectivity index (χ3v) is 3.93. The first-order valence-electron chi connectivity index (χ1n) is 6.00. The van der Waals surface area contributed by atoms with Crippen LogP contribution in [-0.4, -0.2) is 35.6 Å². The minimum Gasteiger partial charge on any atom is -0.312 e. The van der Waals surface area contributed by atoms with E-state index in [1.165, 1.54) is 18.5 Å². The number of nitrogens with zero attached hydrogens (tertiary/aromatic N) is 2. The summed E-state index contributed by atoms with van der Waals surface area (Å²) in [7, 11) is 2.17. The molecule has 0 aromatic carbocycles. The predicted octanol–water partition coefficient (Wildman–Crippen LogP) is 2.02. The van der Waals surface area contributed by atoms with Crippen molar-refractivity contribution in [3.8, 4) is 0 Å². The van der Waals surface area contributed by atoms with Crippen molar-refractivity contribution < 1.29 is 0 Å². The third-order valence-electron chi connectivity index (χ3n) is 3.11. The van der Waals surface area contributed by atoms with Crippen molar-refractivity contribution in [1.82, 2.24) is 15.2 Å². The van der Waals surface area contributed by atoms with Crippen LogP contribution in [0, 0.1) is 6.92 Å². The molecule has 1 heterocycles. The molecule has 1 saturated carbocycles. The molecule has 3 nitrogen and oxygen atoms in total. The van der Waals surface area contributed by atoms with Crippen molar-refractivity contribution in [2.75, 3.05) is 13.6 Å². The van der Waals surface area contributed by atoms with Gasteiger partial charge >= 0.3 is 0 Å². The van der Waals surface area contributed by atoms with Crippen LogP contribution >= 0.6 is 11.3 Å². The normalized spacial score (nSPS) is 18.0. The van der Waals surface area contributed by atoms with Crippen LogP contribution in [0.15, 0.2) is 5.38 Å². The largest absolute Gasteiger partial charge is 0.312 e. The zero-order valence-electron chi connectivity index (χ0n) is 10.4. The summed E-state index contributed by atoms with van der Waals surface area (Å²) in [5.74, 6) is 0. The number of hydrogen-bond acceptors (Lipinski definition) is 4. The van der Waals surface area contributed by atoms with Crippen molar-refractivity contribution in [3.63, 3.8) is 0 Å². The van der Waals surface area contributed by atoms with Gasteiger partial charge in [-0.05, 0) is 33.7 Å². The highest BCUT2D eigenvalue weighted by molar-refractivity contribution is 7.09. The lowest BCUT2D eigenvalue weighted by molar-refractivity contribution is 0.240. The molecule has 1 aliphatic carbocycles. The Balaban J connectivity index is 1.74. The Hall–Kier alpha value is -0.450. The maximum absolute atomic E-state index is 4.50. The summed E-state index contributed by atoms with van der Waals surface area (Å²) < 4.78 is 0. The van der Waals surface area contributed by atoms with Crippen LogP contribution in [0.25, 0.3) is 0 Å². The van der Waals surface area contributed by atoms with Gasteiger partial charge in [-0.3, -0.25) is 4.90 Å². The number of likely N-dealkylation sites (N-methyl/N-ethyl adjacent to an activating group) is 1. The number of nitrogens with one attached hydrogen (secondary N) is 1. The molecule has 1 unspecified atom stereocenters. The highest BCUT2D eigenvalue weighted by Gasteiger charge is 2.21. The molecule has 2 rings (SSSR count). The van der Waals surface area contributed by atoms with Gasteiger partial charge in [0.1, 0.15) is 0 Å². The Morgan fingerprint density at radius 1 is 1.62 bits per heavy atom. The quantitative estimate of drug-likeness (QED) is 0.823. The lowest BCUT2D eigenvalue weighted by Crippen LogP contribution is -2.38. The van der Waals surface area contributed by atoms with Crippen LogP contribution in [0.5, 0.6) is 0 Å². The lowest BCUT2D eigenvalue weighted by atomic mass is 10.3. The van der Waals surface area contributed by atoms with Crippen molar-refractivity contribution in [2.45, 2.75) is 45.3 Å². The van der Waals surface area contributed by atoms with Gasteiger partial charge in [0.25, 0.3) is 0 Å². The van der Waals surface area contributed by atoms with Gasteiger partial charge in [0, 0.05) is 30.6 Å². The van der Waals surface area contributed by atoms with Gasteiger partial charge in [-0.1, -0.05) is 0 Å². The predicted molar refractivity (Wildman–Crippen MR) is 68.8 cm³/mol. The lowest BCUT2D eigenvalue weighted by Gasteiger charge is -2.24. The molecule has 90 valence electrons. The van der Waals surface area contributed by atoms with E-state index in [0.29, 0.717) is 6.04 Å². The summed E-state index contributed by atoms with van der Waals surface area (Å²) in [5, 5.41) is 6.89. The molecule has 0 radical (unpaired) electrons. The molecule has 0 bridgehead atoms. The monoisotopic (exact) mass is 239 g/mol. The van der Waals surface area contributed by atoms with E-state index in [2.05, 4.69) is 41.5 Å². The zero-order valence-corrected chi connectivity index (χ0v) is 11.2. The topological polar surface area (TPSA) is 28.2 Å². The Labute approximate surface area is 102 Å². The number of aromatic nitrogens is 1. The summed E-state index contributed by atoms with van der Waals surface area (Å²) in [6.07, 6.45) is 2.73. The van der Waals surface area contributed by atoms with E-state index in [9.17, 15) is 0 Å². The average molecular weight is 239 g/mol. The fourth-order valence-corrected chi connectivity index (χ4v) is 2.28. The van der Waals surface area contributed by atoms with Gasteiger partial charge in [-0.15, -0.1) is 11.3 Å². The number of aryl methyl sites for hydroxylation is 1. The Morgan fingerprint density at radius 3 is 2.94 bits per heavy atom. The average Bonchev–Trinajstić information content (AvgIpc) is 2.99. The molecule has 4 heteroatoms. The number of hydrogen-bond donors (Lipinski definition) is 1. The van der Waals surface area contributed by atoms with Crippen molar-refractivity contribution in [1.29, 1.82) is 0 Å². The van der Waals surface area contributed by atoms with Gasteiger partial charge in [0.2, 0.25) is 0 Å². The first kappa shape index (κ1) is 12.0. The maximum atomic E-state index is 4.50. The van der Waals surface area contributed by atoms with Crippen molar-refractivity contribution in [3.05, 3.63) is 16.1 Å². The first-order chi connectivity index (χ1) is 7.65. The molecule has 0 saturated heterocycles. The van der Waals surface area contributed by atoms with E-state index in [4.69, 9.17) is 0 Å². The summed E-state index contributed by atoms with van der Waals surface area (Å²) in [5.41, 5.74) is 1.20. The van der Waals surface area contributed by atoms with Crippen LogP contribution in [0.4, 0.5) is 0 Å². The fourth-order valence-electron chi connectivity index (χ4n) is 1.67. The third kappa shape index (κ3) is 3.54. The molecule has 0 amide bonds. The molecule has 16 heavy (non-hydrogen) atoms. The molecule has 0 aliphatic heterocycles. The van der Waals surface area contributed by atoms with Gasteiger partial charge in [-0.25, -0.2) is 4.98 Å². The summed E-state index contributed by atoms with van der Waals surface area (Å²) in [6, 6.07) is 1.37. The van der Waals surface area contributed by atoms with Crippen molar-refractivity contribution >= 4 is 11.3 Å². The SMILES string of the molecule is Cc1nc(CN(C)C(C)CNC2CC2)cs1. The van der Waals surface area contributed by atoms with Gasteiger partial charge < -0.3 is 5.32 Å². The van der Waals surface area contributed by atoms with E-state index < -0.39 is 0 Å². The van der Waals surface area contributed by atoms with E-state index in [-0.39, 0.29) is 0 Å². The molecule has 1 aliphatic rings. The smallest absolute Gasteiger partial charge is 0.0897 e. The highest BCUT2D eigenvalue weighted by Crippen LogP contribution is 2.18. The van der Waals surface area contributed by atoms with Gasteiger partial charge in [0.05, 0.1) is 10.7 Å². The highest BCUT2D eigenvalue weighted by atomic mass is 32.1. The summed E-state index contributed by atoms with van der Waals surface area (Å²) in [6.45, 7) is 6.38. The van der Waals surface area contributed by atoms with Gasteiger partial charge in [0.15, 0.2) is 0 Å². The Bertz CT molecular complexity index is 333. The molecule has 1 aromatic heterocycles. The molecular weight excluding hydrogens is 218 g/mol. The molecule has 1 fully saturated rings.